The number of nitrogens with one attached hydrogen (secondary N) is 1. The molecule has 0 radical (unpaired) electrons. The molecule has 1 N–H and O–H groups in total. The Morgan fingerprint density at radius 3 is 2.48 bits per heavy atom. The molecule has 2 rings (SSSR count). The van der Waals surface area contributed by atoms with Crippen molar-refractivity contribution in [3.05, 3.63) is 40.3 Å². The first-order valence-corrected chi connectivity index (χ1v) is 7.59. The zero-order valence-corrected chi connectivity index (χ0v) is 13.7. The first-order valence-electron chi connectivity index (χ1n) is 7.21. The molecule has 0 aliphatic heterocycles. The Morgan fingerprint density at radius 2 is 1.90 bits per heavy atom. The summed E-state index contributed by atoms with van der Waals surface area (Å²) in [6.07, 6.45) is 1.71. The number of rotatable bonds is 5. The van der Waals surface area contributed by atoms with E-state index in [1.54, 1.807) is 18.3 Å². The van der Waals surface area contributed by atoms with E-state index in [0.29, 0.717) is 22.5 Å². The lowest BCUT2D eigenvalue weighted by Crippen LogP contribution is -2.21. The Labute approximate surface area is 131 Å². The Hall–Kier alpha value is -1.52. The van der Waals surface area contributed by atoms with Crippen LogP contribution in [0.5, 0.6) is 0 Å². The van der Waals surface area contributed by atoms with Crippen molar-refractivity contribution in [2.45, 2.75) is 33.6 Å². The summed E-state index contributed by atoms with van der Waals surface area (Å²) in [5, 5.41) is 3.94. The van der Waals surface area contributed by atoms with Crippen LogP contribution >= 0.6 is 11.6 Å². The molecule has 0 aliphatic rings. The van der Waals surface area contributed by atoms with E-state index < -0.39 is 0 Å². The van der Waals surface area contributed by atoms with Crippen LogP contribution < -0.4 is 5.32 Å². The second kappa shape index (κ2) is 6.96. The normalized spacial score (nSPS) is 12.4. The number of pyridine rings is 1. The SMILES string of the molecule is CCNCC(C)c1c(C)nc(-c2ncccc2Cl)nc1C. The topological polar surface area (TPSA) is 50.7 Å². The number of nitrogens with zero attached hydrogens (tertiary/aromatic N) is 3. The van der Waals surface area contributed by atoms with Crippen LogP contribution in [-0.4, -0.2) is 28.0 Å². The number of aromatic nitrogens is 3. The summed E-state index contributed by atoms with van der Waals surface area (Å²) in [6.45, 7) is 10.2. The van der Waals surface area contributed by atoms with E-state index in [4.69, 9.17) is 11.6 Å². The maximum Gasteiger partial charge on any atom is 0.180 e. The fourth-order valence-corrected chi connectivity index (χ4v) is 2.76. The van der Waals surface area contributed by atoms with E-state index in [9.17, 15) is 0 Å². The number of halogens is 1. The largest absolute Gasteiger partial charge is 0.316 e. The zero-order chi connectivity index (χ0) is 15.4. The quantitative estimate of drug-likeness (QED) is 0.918. The number of hydrogen-bond donors (Lipinski definition) is 1. The van der Waals surface area contributed by atoms with Crippen LogP contribution in [0.1, 0.15) is 36.7 Å². The van der Waals surface area contributed by atoms with Crippen LogP contribution in [0.25, 0.3) is 11.5 Å². The molecule has 0 fully saturated rings. The molecular weight excluding hydrogens is 284 g/mol. The van der Waals surface area contributed by atoms with Crippen LogP contribution in [0, 0.1) is 13.8 Å². The van der Waals surface area contributed by atoms with E-state index >= 15 is 0 Å². The molecule has 0 saturated carbocycles. The summed E-state index contributed by atoms with van der Waals surface area (Å²) in [7, 11) is 0. The Morgan fingerprint density at radius 1 is 1.24 bits per heavy atom. The van der Waals surface area contributed by atoms with Crippen LogP contribution in [0.4, 0.5) is 0 Å². The highest BCUT2D eigenvalue weighted by Gasteiger charge is 2.17. The van der Waals surface area contributed by atoms with Crippen molar-refractivity contribution < 1.29 is 0 Å². The van der Waals surface area contributed by atoms with Gasteiger partial charge in [-0.25, -0.2) is 9.97 Å². The van der Waals surface area contributed by atoms with Crippen molar-refractivity contribution in [2.75, 3.05) is 13.1 Å². The number of hydrogen-bond acceptors (Lipinski definition) is 4. The maximum absolute atomic E-state index is 6.18. The molecule has 0 bridgehead atoms. The third kappa shape index (κ3) is 3.57. The van der Waals surface area contributed by atoms with Gasteiger partial charge >= 0.3 is 0 Å². The van der Waals surface area contributed by atoms with Gasteiger partial charge in [-0.15, -0.1) is 0 Å². The molecule has 0 aromatic carbocycles. The van der Waals surface area contributed by atoms with Gasteiger partial charge in [0.1, 0.15) is 5.69 Å². The monoisotopic (exact) mass is 304 g/mol. The molecule has 0 aliphatic carbocycles. The van der Waals surface area contributed by atoms with E-state index in [1.165, 1.54) is 5.56 Å². The second-order valence-electron chi connectivity index (χ2n) is 5.17. The number of aryl methyl sites for hydroxylation is 2. The molecule has 2 aromatic rings. The summed E-state index contributed by atoms with van der Waals surface area (Å²) in [6, 6.07) is 3.61. The van der Waals surface area contributed by atoms with Crippen molar-refractivity contribution in [1.29, 1.82) is 0 Å². The van der Waals surface area contributed by atoms with E-state index in [0.717, 1.165) is 24.5 Å². The molecule has 1 atom stereocenters. The summed E-state index contributed by atoms with van der Waals surface area (Å²) in [5.41, 5.74) is 3.82. The smallest absolute Gasteiger partial charge is 0.180 e. The van der Waals surface area contributed by atoms with Gasteiger partial charge < -0.3 is 5.32 Å². The average Bonchev–Trinajstić information content (AvgIpc) is 2.44. The highest BCUT2D eigenvalue weighted by atomic mass is 35.5. The van der Waals surface area contributed by atoms with Crippen LogP contribution in [0.2, 0.25) is 5.02 Å². The molecular formula is C16H21ClN4. The van der Waals surface area contributed by atoms with E-state index in [-0.39, 0.29) is 0 Å². The van der Waals surface area contributed by atoms with Gasteiger partial charge in [-0.3, -0.25) is 4.98 Å². The molecule has 1 unspecified atom stereocenters. The minimum atomic E-state index is 0.373. The first kappa shape index (κ1) is 15.9. The summed E-state index contributed by atoms with van der Waals surface area (Å²) in [4.78, 5) is 13.5. The third-order valence-electron chi connectivity index (χ3n) is 3.49. The van der Waals surface area contributed by atoms with Crippen molar-refractivity contribution in [1.82, 2.24) is 20.3 Å². The lowest BCUT2D eigenvalue weighted by atomic mass is 9.98. The van der Waals surface area contributed by atoms with Crippen LogP contribution in [0.3, 0.4) is 0 Å². The average molecular weight is 305 g/mol. The third-order valence-corrected chi connectivity index (χ3v) is 3.80. The zero-order valence-electron chi connectivity index (χ0n) is 12.9. The maximum atomic E-state index is 6.18. The second-order valence-corrected chi connectivity index (χ2v) is 5.58. The van der Waals surface area contributed by atoms with Gasteiger partial charge in [0.25, 0.3) is 0 Å². The Balaban J connectivity index is 2.40. The predicted octanol–water partition coefficient (Wildman–Crippen LogP) is 3.52. The molecule has 5 heteroatoms. The molecule has 112 valence electrons. The lowest BCUT2D eigenvalue weighted by molar-refractivity contribution is 0.624. The molecule has 0 saturated heterocycles. The summed E-state index contributed by atoms with van der Waals surface area (Å²) in [5.74, 6) is 0.966. The minimum Gasteiger partial charge on any atom is -0.316 e. The van der Waals surface area contributed by atoms with Gasteiger partial charge in [-0.1, -0.05) is 25.4 Å². The fraction of sp³-hybridized carbons (Fsp3) is 0.438. The first-order chi connectivity index (χ1) is 10.0. The summed E-state index contributed by atoms with van der Waals surface area (Å²) < 4.78 is 0. The van der Waals surface area contributed by atoms with Gasteiger partial charge in [0.2, 0.25) is 0 Å². The van der Waals surface area contributed by atoms with Crippen molar-refractivity contribution >= 4 is 11.6 Å². The summed E-state index contributed by atoms with van der Waals surface area (Å²) >= 11 is 6.18. The van der Waals surface area contributed by atoms with Gasteiger partial charge in [0.05, 0.1) is 5.02 Å². The van der Waals surface area contributed by atoms with Gasteiger partial charge in [0.15, 0.2) is 5.82 Å². The molecule has 2 aromatic heterocycles. The minimum absolute atomic E-state index is 0.373. The lowest BCUT2D eigenvalue weighted by Gasteiger charge is -2.17. The highest BCUT2D eigenvalue weighted by Crippen LogP contribution is 2.26. The highest BCUT2D eigenvalue weighted by molar-refractivity contribution is 6.32. The van der Waals surface area contributed by atoms with Crippen molar-refractivity contribution in [2.24, 2.45) is 0 Å². The molecule has 21 heavy (non-hydrogen) atoms. The molecule has 0 spiro atoms. The molecule has 2 heterocycles. The number of likely N-dealkylation sites (N-methyl/N-ethyl adjacent to an activating group) is 1. The van der Waals surface area contributed by atoms with Crippen molar-refractivity contribution in [3.63, 3.8) is 0 Å². The standard InChI is InChI=1S/C16H21ClN4/c1-5-18-9-10(2)14-11(3)20-16(21-12(14)4)15-13(17)7-6-8-19-15/h6-8,10,18H,5,9H2,1-4H3. The fourth-order valence-electron chi connectivity index (χ4n) is 2.56. The van der Waals surface area contributed by atoms with E-state index in [1.807, 2.05) is 13.8 Å². The van der Waals surface area contributed by atoms with Crippen molar-refractivity contribution in [3.8, 4) is 11.5 Å². The van der Waals surface area contributed by atoms with Crippen LogP contribution in [-0.2, 0) is 0 Å². The molecule has 4 nitrogen and oxygen atoms in total. The predicted molar refractivity (Wildman–Crippen MR) is 86.7 cm³/mol. The molecule has 0 amide bonds. The Kier molecular flexibility index (Phi) is 5.26. The van der Waals surface area contributed by atoms with E-state index in [2.05, 4.69) is 34.1 Å². The van der Waals surface area contributed by atoms with Crippen LogP contribution in [0.15, 0.2) is 18.3 Å². The van der Waals surface area contributed by atoms with Gasteiger partial charge in [-0.2, -0.15) is 0 Å². The Bertz CT molecular complexity index is 604. The van der Waals surface area contributed by atoms with Gasteiger partial charge in [-0.05, 0) is 44.0 Å². The van der Waals surface area contributed by atoms with Gasteiger partial charge in [0, 0.05) is 24.1 Å².